The van der Waals surface area contributed by atoms with E-state index >= 15 is 0 Å². The Hall–Kier alpha value is -2.71. The second kappa shape index (κ2) is 13.7. The number of hydrogen-bond donors (Lipinski definition) is 1. The predicted molar refractivity (Wildman–Crippen MR) is 169 cm³/mol. The third kappa shape index (κ3) is 7.39. The van der Waals surface area contributed by atoms with Crippen LogP contribution in [-0.4, -0.2) is 16.8 Å². The summed E-state index contributed by atoms with van der Waals surface area (Å²) < 4.78 is 36.5. The second-order valence-corrected chi connectivity index (χ2v) is 13.8. The summed E-state index contributed by atoms with van der Waals surface area (Å²) in [6.07, 6.45) is 15.7. The van der Waals surface area contributed by atoms with Crippen LogP contribution in [0.3, 0.4) is 0 Å². The maximum Gasteiger partial charge on any atom is 0.209 e. The molecule has 0 spiro atoms. The van der Waals surface area contributed by atoms with Gasteiger partial charge in [0.15, 0.2) is 5.71 Å². The lowest BCUT2D eigenvalue weighted by Crippen LogP contribution is -2.68. The molecule has 44 heavy (non-hydrogen) atoms. The summed E-state index contributed by atoms with van der Waals surface area (Å²) in [6.45, 7) is 14.9. The number of benzene rings is 2. The molecule has 0 saturated carbocycles. The number of hydrogen-bond acceptors (Lipinski definition) is 5. The maximum atomic E-state index is 8.49. The van der Waals surface area contributed by atoms with E-state index in [4.69, 9.17) is 30.2 Å². The number of aryl methyl sites for hydroxylation is 1. The lowest BCUT2D eigenvalue weighted by atomic mass is 9.80. The zero-order valence-corrected chi connectivity index (χ0v) is 28.1. The minimum absolute atomic E-state index is 0.0294. The molecule has 1 N–H and O–H groups in total. The topological polar surface area (TPSA) is 107 Å². The van der Waals surface area contributed by atoms with Crippen LogP contribution >= 0.6 is 11.6 Å². The van der Waals surface area contributed by atoms with Gasteiger partial charge in [0.05, 0.1) is 5.41 Å². The fourth-order valence-electron chi connectivity index (χ4n) is 6.78. The quantitative estimate of drug-likeness (QED) is 0.424. The van der Waals surface area contributed by atoms with Gasteiger partial charge in [0, 0.05) is 46.0 Å². The zero-order chi connectivity index (χ0) is 32.3. The summed E-state index contributed by atoms with van der Waals surface area (Å²) in [6, 6.07) is 15.5. The van der Waals surface area contributed by atoms with E-state index in [0.717, 1.165) is 50.1 Å². The van der Waals surface area contributed by atoms with E-state index in [9.17, 15) is 0 Å². The van der Waals surface area contributed by atoms with Crippen LogP contribution < -0.4 is 24.0 Å². The van der Waals surface area contributed by atoms with Crippen LogP contribution in [-0.2, 0) is 17.3 Å². The Balaban J connectivity index is 0.000000818. The Morgan fingerprint density at radius 3 is 2.27 bits per heavy atom. The number of rotatable bonds is 7. The molecule has 1 aliphatic carbocycles. The van der Waals surface area contributed by atoms with Gasteiger partial charge >= 0.3 is 0 Å². The molecule has 2 aliphatic heterocycles. The fraction of sp³-hybridized carbons (Fsp3) is 0.417. The molecule has 2 aromatic carbocycles. The van der Waals surface area contributed by atoms with Crippen molar-refractivity contribution in [3.05, 3.63) is 105 Å². The van der Waals surface area contributed by atoms with Crippen LogP contribution in [0.2, 0.25) is 0 Å². The van der Waals surface area contributed by atoms with E-state index in [1.54, 1.807) is 0 Å². The first-order valence-electron chi connectivity index (χ1n) is 15.4. The monoisotopic (exact) mass is 638 g/mol. The van der Waals surface area contributed by atoms with E-state index < -0.39 is 10.2 Å². The number of para-hydroxylation sites is 1. The zero-order valence-electron chi connectivity index (χ0n) is 26.6. The lowest BCUT2D eigenvalue weighted by molar-refractivity contribution is -2.00. The predicted octanol–water partition coefficient (Wildman–Crippen LogP) is 5.12. The van der Waals surface area contributed by atoms with Gasteiger partial charge < -0.3 is 5.32 Å². The van der Waals surface area contributed by atoms with Gasteiger partial charge in [-0.2, -0.15) is 4.58 Å². The van der Waals surface area contributed by atoms with Crippen LogP contribution in [0.25, 0.3) is 0 Å². The minimum atomic E-state index is -4.94. The lowest BCUT2D eigenvalue weighted by Gasteiger charge is -2.23. The van der Waals surface area contributed by atoms with Crippen molar-refractivity contribution < 1.29 is 33.5 Å². The Morgan fingerprint density at radius 1 is 0.886 bits per heavy atom. The van der Waals surface area contributed by atoms with Crippen molar-refractivity contribution in [3.63, 3.8) is 0 Å². The largest absolute Gasteiger partial charge is 0.358 e. The van der Waals surface area contributed by atoms with E-state index in [2.05, 4.69) is 118 Å². The van der Waals surface area contributed by atoms with Crippen LogP contribution in [0.4, 0.5) is 11.4 Å². The van der Waals surface area contributed by atoms with Crippen LogP contribution in [0, 0.1) is 10.2 Å². The van der Waals surface area contributed by atoms with Crippen molar-refractivity contribution in [2.45, 2.75) is 90.9 Å². The first-order chi connectivity index (χ1) is 20.7. The number of allylic oxidation sites excluding steroid dienone is 8. The summed E-state index contributed by atoms with van der Waals surface area (Å²) in [5.74, 6) is 0. The highest BCUT2D eigenvalue weighted by Crippen LogP contribution is 2.46. The highest BCUT2D eigenvalue weighted by molar-refractivity contribution is 6.32. The van der Waals surface area contributed by atoms with Gasteiger partial charge in [0.25, 0.3) is 0 Å². The van der Waals surface area contributed by atoms with Gasteiger partial charge in [-0.15, -0.1) is 10.2 Å². The molecule has 3 aliphatic rings. The van der Waals surface area contributed by atoms with Gasteiger partial charge in [0.1, 0.15) is 6.54 Å². The van der Waals surface area contributed by atoms with E-state index in [1.807, 2.05) is 0 Å². The minimum Gasteiger partial charge on any atom is -0.358 e. The molecular formula is C36H44Cl2N2O4. The van der Waals surface area contributed by atoms with Gasteiger partial charge in [-0.25, -0.2) is 18.6 Å². The second-order valence-electron chi connectivity index (χ2n) is 12.7. The number of nitrogens with zero attached hydrogens (tertiary/aromatic N) is 1. The Labute approximate surface area is 269 Å². The van der Waals surface area contributed by atoms with Crippen LogP contribution in [0.15, 0.2) is 88.6 Å². The van der Waals surface area contributed by atoms with Gasteiger partial charge in [-0.1, -0.05) is 88.2 Å². The van der Waals surface area contributed by atoms with Crippen molar-refractivity contribution in [2.24, 2.45) is 0 Å². The normalized spacial score (nSPS) is 20.6. The van der Waals surface area contributed by atoms with Gasteiger partial charge in [0.2, 0.25) is 5.69 Å². The van der Waals surface area contributed by atoms with Crippen LogP contribution in [0.1, 0.15) is 90.3 Å². The molecule has 0 unspecified atom stereocenters. The summed E-state index contributed by atoms with van der Waals surface area (Å²) >= 11 is 7.09. The van der Waals surface area contributed by atoms with E-state index in [1.165, 1.54) is 50.6 Å². The van der Waals surface area contributed by atoms with E-state index in [-0.39, 0.29) is 10.8 Å². The van der Waals surface area contributed by atoms with E-state index in [0.29, 0.717) is 0 Å². The average Bonchev–Trinajstić information content (AvgIpc) is 3.33. The summed E-state index contributed by atoms with van der Waals surface area (Å²) in [4.78, 5) is 0. The summed E-state index contributed by atoms with van der Waals surface area (Å²) in [5, 5.41) is 4.64. The number of anilines is 1. The Bertz CT molecular complexity index is 1540. The molecule has 0 atom stereocenters. The smallest absolute Gasteiger partial charge is 0.209 e. The van der Waals surface area contributed by atoms with Crippen LogP contribution in [0.5, 0.6) is 0 Å². The number of nitrogens with one attached hydrogen (secondary N) is 1. The highest BCUT2D eigenvalue weighted by atomic mass is 35.7. The maximum absolute atomic E-state index is 8.49. The molecule has 0 saturated heterocycles. The van der Waals surface area contributed by atoms with Crippen molar-refractivity contribution in [2.75, 3.05) is 11.9 Å². The molecule has 0 fully saturated rings. The molecule has 2 heterocycles. The number of halogens is 2. The molecule has 6 nitrogen and oxygen atoms in total. The molecule has 0 bridgehead atoms. The molecule has 236 valence electrons. The highest BCUT2D eigenvalue weighted by Gasteiger charge is 2.43. The molecule has 0 radical (unpaired) electrons. The molecule has 0 aromatic heterocycles. The molecule has 5 rings (SSSR count). The third-order valence-corrected chi connectivity index (χ3v) is 9.32. The molecular weight excluding hydrogens is 595 g/mol. The first kappa shape index (κ1) is 34.2. The number of fused-ring (bicyclic) bond motifs is 2. The van der Waals surface area contributed by atoms with Crippen molar-refractivity contribution in [1.82, 2.24) is 0 Å². The standard InChI is InChI=1S/C36H43ClN2.ClHO4/c1-7-13-25-14-12-18-29-33(25)36(5,6)31(38-29)22-20-26-15-11-16-27(34(26)37)21-23-32-35(3,4)28-17-9-10-19-30(28)39(32)24-8-2;2-1(3,4)5/h9-10,12,14,17-23H,7-8,11,13,15-16,24H2,1-6H3;(H,2,3,4,5). The third-order valence-electron chi connectivity index (χ3n) is 8.83. The van der Waals surface area contributed by atoms with Gasteiger partial charge in [-0.3, -0.25) is 0 Å². The average molecular weight is 640 g/mol. The molecule has 0 amide bonds. The van der Waals surface area contributed by atoms with Crippen molar-refractivity contribution >= 4 is 28.7 Å². The Kier molecular flexibility index (Phi) is 10.7. The summed E-state index contributed by atoms with van der Waals surface area (Å²) in [5.41, 5.74) is 11.9. The van der Waals surface area contributed by atoms with Gasteiger partial charge in [-0.05, 0) is 73.9 Å². The SMILES string of the molecule is CCCc1cccc2c1C(C)(C)C(=CC=C1CCCC(C=CC3=[N+](CCC)c4ccccc4C3(C)C)=C1Cl)N2.[O-][Cl+3]([O-])([O-])[O-]. The van der Waals surface area contributed by atoms with Crippen molar-refractivity contribution in [3.8, 4) is 0 Å². The summed E-state index contributed by atoms with van der Waals surface area (Å²) in [7, 11) is -4.94. The molecule has 8 heteroatoms. The van der Waals surface area contributed by atoms with Crippen molar-refractivity contribution in [1.29, 1.82) is 0 Å². The Morgan fingerprint density at radius 2 is 1.59 bits per heavy atom. The first-order valence-corrected chi connectivity index (χ1v) is 17.0. The fourth-order valence-corrected chi connectivity index (χ4v) is 7.10. The molecule has 2 aromatic rings.